The molecule has 1 unspecified atom stereocenters. The quantitative estimate of drug-likeness (QED) is 0.514. The zero-order valence-electron chi connectivity index (χ0n) is 11.6. The Morgan fingerprint density at radius 1 is 1.11 bits per heavy atom. The number of likely N-dealkylation sites (N-methyl/N-ethyl adjacent to an activating group) is 1. The molecule has 18 heavy (non-hydrogen) atoms. The zero-order valence-corrected chi connectivity index (χ0v) is 11.6. The van der Waals surface area contributed by atoms with Gasteiger partial charge in [-0.1, -0.05) is 0 Å². The number of nitrogens with one attached hydrogen (secondary N) is 2. The zero-order chi connectivity index (χ0) is 14.6. The summed E-state index contributed by atoms with van der Waals surface area (Å²) in [7, 11) is 3.80. The summed E-state index contributed by atoms with van der Waals surface area (Å²) < 4.78 is 0. The van der Waals surface area contributed by atoms with E-state index in [9.17, 15) is 14.7 Å². The topological polar surface area (TPSA) is 102 Å². The molecule has 0 aromatic heterocycles. The van der Waals surface area contributed by atoms with Gasteiger partial charge >= 0.3 is 12.0 Å². The summed E-state index contributed by atoms with van der Waals surface area (Å²) >= 11 is 0. The van der Waals surface area contributed by atoms with Gasteiger partial charge in [0.15, 0.2) is 5.60 Å². The Morgan fingerprint density at radius 3 is 1.94 bits per heavy atom. The molecule has 0 aliphatic rings. The van der Waals surface area contributed by atoms with Gasteiger partial charge in [-0.3, -0.25) is 0 Å². The van der Waals surface area contributed by atoms with Crippen LogP contribution in [0.1, 0.15) is 20.8 Å². The van der Waals surface area contributed by atoms with E-state index in [2.05, 4.69) is 10.6 Å². The first-order valence-electron chi connectivity index (χ1n) is 5.64. The van der Waals surface area contributed by atoms with E-state index in [0.29, 0.717) is 6.54 Å². The number of hydrogen-bond donors (Lipinski definition) is 4. The molecule has 0 heterocycles. The van der Waals surface area contributed by atoms with Crippen LogP contribution in [0.4, 0.5) is 4.79 Å². The minimum Gasteiger partial charge on any atom is -0.479 e. The van der Waals surface area contributed by atoms with Crippen molar-refractivity contribution in [3.05, 3.63) is 0 Å². The standard InChI is InChI=1S/C11H23N3O4/c1-10(2,14(4)5)6-12-9(17)13-7-11(3,18)8(15)16/h18H,6-7H2,1-5H3,(H,15,16)(H2,12,13,17). The van der Waals surface area contributed by atoms with Crippen molar-refractivity contribution in [3.63, 3.8) is 0 Å². The summed E-state index contributed by atoms with van der Waals surface area (Å²) in [5, 5.41) is 23.0. The summed E-state index contributed by atoms with van der Waals surface area (Å²) in [6.45, 7) is 5.10. The van der Waals surface area contributed by atoms with E-state index in [-0.39, 0.29) is 12.1 Å². The lowest BCUT2D eigenvalue weighted by Crippen LogP contribution is -2.53. The number of carboxylic acids is 1. The largest absolute Gasteiger partial charge is 0.479 e. The number of aliphatic carboxylic acids is 1. The molecule has 0 spiro atoms. The third-order valence-corrected chi connectivity index (χ3v) is 2.95. The van der Waals surface area contributed by atoms with Gasteiger partial charge in [0.2, 0.25) is 0 Å². The van der Waals surface area contributed by atoms with Crippen molar-refractivity contribution < 1.29 is 19.8 Å². The Kier molecular flexibility index (Phi) is 5.56. The van der Waals surface area contributed by atoms with E-state index >= 15 is 0 Å². The first kappa shape index (κ1) is 16.7. The molecule has 0 aromatic rings. The number of nitrogens with zero attached hydrogens (tertiary/aromatic N) is 1. The number of rotatable bonds is 6. The van der Waals surface area contributed by atoms with Crippen molar-refractivity contribution in [1.29, 1.82) is 0 Å². The fourth-order valence-electron chi connectivity index (χ4n) is 0.845. The fraction of sp³-hybridized carbons (Fsp3) is 0.818. The average Bonchev–Trinajstić information content (AvgIpc) is 2.23. The molecule has 0 bridgehead atoms. The summed E-state index contributed by atoms with van der Waals surface area (Å²) in [6.07, 6.45) is 0. The van der Waals surface area contributed by atoms with Gasteiger partial charge in [-0.05, 0) is 34.9 Å². The molecule has 7 heteroatoms. The lowest BCUT2D eigenvalue weighted by molar-refractivity contribution is -0.155. The molecule has 106 valence electrons. The van der Waals surface area contributed by atoms with E-state index in [1.54, 1.807) is 0 Å². The van der Waals surface area contributed by atoms with Gasteiger partial charge in [0.25, 0.3) is 0 Å². The molecule has 1 atom stereocenters. The maximum atomic E-state index is 11.4. The Morgan fingerprint density at radius 2 is 1.56 bits per heavy atom. The van der Waals surface area contributed by atoms with E-state index in [1.807, 2.05) is 32.8 Å². The van der Waals surface area contributed by atoms with E-state index in [0.717, 1.165) is 6.92 Å². The lowest BCUT2D eigenvalue weighted by atomic mass is 10.0. The molecule has 0 rings (SSSR count). The van der Waals surface area contributed by atoms with E-state index < -0.39 is 17.6 Å². The summed E-state index contributed by atoms with van der Waals surface area (Å²) in [6, 6.07) is -0.508. The molecule has 7 nitrogen and oxygen atoms in total. The average molecular weight is 261 g/mol. The van der Waals surface area contributed by atoms with Gasteiger partial charge in [0.1, 0.15) is 0 Å². The molecule has 0 saturated heterocycles. The van der Waals surface area contributed by atoms with Gasteiger partial charge in [-0.15, -0.1) is 0 Å². The Bertz CT molecular complexity index is 313. The Labute approximate surface area is 107 Å². The third kappa shape index (κ3) is 5.33. The van der Waals surface area contributed by atoms with Gasteiger partial charge in [0, 0.05) is 12.1 Å². The predicted octanol–water partition coefficient (Wildman–Crippen LogP) is -0.539. The number of urea groups is 1. The van der Waals surface area contributed by atoms with Crippen LogP contribution in [-0.4, -0.2) is 65.4 Å². The first-order valence-corrected chi connectivity index (χ1v) is 5.64. The van der Waals surface area contributed by atoms with Crippen LogP contribution in [-0.2, 0) is 4.79 Å². The Hall–Kier alpha value is -1.34. The second kappa shape index (κ2) is 6.01. The SMILES string of the molecule is CN(C)C(C)(C)CNC(=O)NCC(C)(O)C(=O)O. The number of carbonyl (C=O) groups excluding carboxylic acids is 1. The highest BCUT2D eigenvalue weighted by Gasteiger charge is 2.30. The van der Waals surface area contributed by atoms with Crippen LogP contribution in [0, 0.1) is 0 Å². The highest BCUT2D eigenvalue weighted by Crippen LogP contribution is 2.07. The molecule has 2 amide bonds. The van der Waals surface area contributed by atoms with Crippen molar-refractivity contribution in [2.45, 2.75) is 31.9 Å². The van der Waals surface area contributed by atoms with Crippen LogP contribution >= 0.6 is 0 Å². The van der Waals surface area contributed by atoms with Gasteiger partial charge < -0.3 is 25.7 Å². The molecule has 0 aromatic carbocycles. The van der Waals surface area contributed by atoms with E-state index in [4.69, 9.17) is 5.11 Å². The molecule has 4 N–H and O–H groups in total. The van der Waals surface area contributed by atoms with Crippen LogP contribution in [0.3, 0.4) is 0 Å². The van der Waals surface area contributed by atoms with Crippen molar-refractivity contribution in [3.8, 4) is 0 Å². The van der Waals surface area contributed by atoms with Crippen LogP contribution < -0.4 is 10.6 Å². The molecule has 0 radical (unpaired) electrons. The number of aliphatic hydroxyl groups is 1. The fourth-order valence-corrected chi connectivity index (χ4v) is 0.845. The minimum absolute atomic E-state index is 0.216. The van der Waals surface area contributed by atoms with Crippen molar-refractivity contribution >= 4 is 12.0 Å². The molecule has 0 fully saturated rings. The maximum Gasteiger partial charge on any atom is 0.337 e. The summed E-state index contributed by atoms with van der Waals surface area (Å²) in [5.74, 6) is -1.38. The number of carboxylic acid groups (broad SMARTS) is 1. The van der Waals surface area contributed by atoms with Crippen LogP contribution in [0.2, 0.25) is 0 Å². The van der Waals surface area contributed by atoms with Gasteiger partial charge in [-0.25, -0.2) is 9.59 Å². The normalized spacial score (nSPS) is 15.1. The number of hydrogen-bond acceptors (Lipinski definition) is 4. The van der Waals surface area contributed by atoms with Gasteiger partial charge in [-0.2, -0.15) is 0 Å². The van der Waals surface area contributed by atoms with Gasteiger partial charge in [0.05, 0.1) is 6.54 Å². The second-order valence-electron chi connectivity index (χ2n) is 5.32. The smallest absolute Gasteiger partial charge is 0.337 e. The summed E-state index contributed by atoms with van der Waals surface area (Å²) in [4.78, 5) is 24.0. The van der Waals surface area contributed by atoms with Crippen molar-refractivity contribution in [2.75, 3.05) is 27.2 Å². The summed E-state index contributed by atoms with van der Waals surface area (Å²) in [5.41, 5.74) is -2.18. The number of amides is 2. The minimum atomic E-state index is -1.96. The van der Waals surface area contributed by atoms with E-state index in [1.165, 1.54) is 0 Å². The van der Waals surface area contributed by atoms with Crippen LogP contribution in [0.15, 0.2) is 0 Å². The molecular formula is C11H23N3O4. The van der Waals surface area contributed by atoms with Crippen molar-refractivity contribution in [2.24, 2.45) is 0 Å². The predicted molar refractivity (Wildman–Crippen MR) is 67.4 cm³/mol. The maximum absolute atomic E-state index is 11.4. The molecule has 0 aliphatic carbocycles. The number of carbonyl (C=O) groups is 2. The monoisotopic (exact) mass is 261 g/mol. The second-order valence-corrected chi connectivity index (χ2v) is 5.32. The van der Waals surface area contributed by atoms with Crippen molar-refractivity contribution in [1.82, 2.24) is 15.5 Å². The van der Waals surface area contributed by atoms with Crippen LogP contribution in [0.5, 0.6) is 0 Å². The highest BCUT2D eigenvalue weighted by atomic mass is 16.4. The highest BCUT2D eigenvalue weighted by molar-refractivity contribution is 5.79. The Balaban J connectivity index is 4.12. The molecule has 0 aliphatic heterocycles. The van der Waals surface area contributed by atoms with Crippen LogP contribution in [0.25, 0.3) is 0 Å². The third-order valence-electron chi connectivity index (χ3n) is 2.95. The first-order chi connectivity index (χ1) is 7.99. The molecular weight excluding hydrogens is 238 g/mol. The lowest BCUT2D eigenvalue weighted by Gasteiger charge is -2.32. The molecule has 0 saturated carbocycles.